The summed E-state index contributed by atoms with van der Waals surface area (Å²) in [7, 11) is 0. The number of rotatable bonds is 4. The van der Waals surface area contributed by atoms with Crippen molar-refractivity contribution in [3.05, 3.63) is 35.9 Å². The number of carbonyl (C=O) groups is 1. The lowest BCUT2D eigenvalue weighted by Crippen LogP contribution is -2.58. The van der Waals surface area contributed by atoms with Gasteiger partial charge in [-0.05, 0) is 24.8 Å². The van der Waals surface area contributed by atoms with Crippen LogP contribution in [0.3, 0.4) is 0 Å². The van der Waals surface area contributed by atoms with E-state index >= 15 is 0 Å². The molecule has 1 aromatic carbocycles. The van der Waals surface area contributed by atoms with E-state index in [0.717, 1.165) is 24.8 Å². The Morgan fingerprint density at radius 2 is 2.04 bits per heavy atom. The van der Waals surface area contributed by atoms with Gasteiger partial charge in [-0.15, -0.1) is 0 Å². The first-order valence-corrected chi connectivity index (χ1v) is 9.35. The largest absolute Gasteiger partial charge is 0.438 e. The number of nitrogens with zero attached hydrogens (tertiary/aromatic N) is 1. The Hall–Kier alpha value is -1.67. The maximum atomic E-state index is 12.6. The Bertz CT molecular complexity index is 649. The van der Waals surface area contributed by atoms with Crippen molar-refractivity contribution in [3.63, 3.8) is 0 Å². The van der Waals surface area contributed by atoms with Gasteiger partial charge in [0, 0.05) is 13.2 Å². The third-order valence-corrected chi connectivity index (χ3v) is 5.52. The minimum atomic E-state index is -0.512. The van der Waals surface area contributed by atoms with Crippen LogP contribution in [0.1, 0.15) is 24.8 Å². The van der Waals surface area contributed by atoms with E-state index in [9.17, 15) is 4.79 Å². The molecule has 4 fully saturated rings. The van der Waals surface area contributed by atoms with Gasteiger partial charge >= 0.3 is 6.09 Å². The van der Waals surface area contributed by atoms with E-state index in [1.54, 1.807) is 4.90 Å². The summed E-state index contributed by atoms with van der Waals surface area (Å²) in [6.07, 6.45) is 0.879. The van der Waals surface area contributed by atoms with E-state index in [-0.39, 0.29) is 30.6 Å². The third kappa shape index (κ3) is 2.89. The summed E-state index contributed by atoms with van der Waals surface area (Å²) in [6.45, 7) is 1.64. The zero-order chi connectivity index (χ0) is 17.5. The van der Waals surface area contributed by atoms with Crippen LogP contribution in [0.15, 0.2) is 30.3 Å². The van der Waals surface area contributed by atoms with Gasteiger partial charge in [0.25, 0.3) is 0 Å². The molecule has 0 aromatic heterocycles. The summed E-state index contributed by atoms with van der Waals surface area (Å²) in [5, 5.41) is 0. The Morgan fingerprint density at radius 1 is 1.15 bits per heavy atom. The number of carbonyl (C=O) groups excluding carboxylic acids is 1. The summed E-state index contributed by atoms with van der Waals surface area (Å²) in [6, 6.07) is 9.67. The maximum absolute atomic E-state index is 12.6. The van der Waals surface area contributed by atoms with Crippen molar-refractivity contribution in [2.45, 2.75) is 62.7 Å². The van der Waals surface area contributed by atoms with Crippen molar-refractivity contribution in [2.75, 3.05) is 13.2 Å². The van der Waals surface area contributed by atoms with Crippen LogP contribution in [0, 0.1) is 0 Å². The van der Waals surface area contributed by atoms with Crippen molar-refractivity contribution in [1.29, 1.82) is 0 Å². The highest BCUT2D eigenvalue weighted by molar-refractivity contribution is 5.71. The number of amides is 1. The van der Waals surface area contributed by atoms with Gasteiger partial charge in [0.05, 0.1) is 6.61 Å². The smallest absolute Gasteiger partial charge is 0.411 e. The molecule has 6 atom stereocenters. The average Bonchev–Trinajstić information content (AvgIpc) is 3.24. The minimum Gasteiger partial charge on any atom is -0.438 e. The normalized spacial score (nSPS) is 38.9. The number of hydrogen-bond acceptors (Lipinski definition) is 6. The van der Waals surface area contributed by atoms with Crippen molar-refractivity contribution < 1.29 is 28.5 Å². The topological polar surface area (TPSA) is 66.5 Å². The Labute approximate surface area is 152 Å². The zero-order valence-corrected chi connectivity index (χ0v) is 14.5. The Kier molecular flexibility index (Phi) is 4.32. The number of ether oxygens (including phenoxy) is 5. The fourth-order valence-electron chi connectivity index (χ4n) is 4.25. The summed E-state index contributed by atoms with van der Waals surface area (Å²) in [5.74, 6) is 0. The van der Waals surface area contributed by atoms with Gasteiger partial charge in [0.15, 0.2) is 18.7 Å². The molecule has 0 radical (unpaired) electrons. The first-order valence-electron chi connectivity index (χ1n) is 9.35. The standard InChI is InChI=1S/C19H23NO6/c21-19-20(10-12-6-2-1-3-7-12)15-16(25-14-8-4-5-9-22-14)13-11-23-18(24-13)17(15)26-19/h1-3,6-7,13-18H,4-5,8-11H2/t13-,14?,15-,16+,17-,18-/m1/s1. The molecule has 1 unspecified atom stereocenters. The zero-order valence-electron chi connectivity index (χ0n) is 14.5. The van der Waals surface area contributed by atoms with Crippen LogP contribution < -0.4 is 0 Å². The van der Waals surface area contributed by atoms with E-state index in [1.165, 1.54) is 0 Å². The first kappa shape index (κ1) is 16.5. The average molecular weight is 361 g/mol. The van der Waals surface area contributed by atoms with Crippen molar-refractivity contribution in [1.82, 2.24) is 4.90 Å². The van der Waals surface area contributed by atoms with Crippen LogP contribution in [-0.4, -0.2) is 61.1 Å². The lowest BCUT2D eigenvalue weighted by Gasteiger charge is -2.40. The van der Waals surface area contributed by atoms with Crippen LogP contribution >= 0.6 is 0 Å². The molecule has 4 aliphatic heterocycles. The predicted molar refractivity (Wildman–Crippen MR) is 89.1 cm³/mol. The molecule has 140 valence electrons. The van der Waals surface area contributed by atoms with Crippen molar-refractivity contribution >= 4 is 6.09 Å². The molecule has 4 saturated heterocycles. The molecule has 0 aliphatic carbocycles. The van der Waals surface area contributed by atoms with Crippen LogP contribution in [0.25, 0.3) is 0 Å². The second-order valence-electron chi connectivity index (χ2n) is 7.23. The Balaban J connectivity index is 1.40. The summed E-state index contributed by atoms with van der Waals surface area (Å²) < 4.78 is 29.3. The molecule has 4 aliphatic rings. The highest BCUT2D eigenvalue weighted by Gasteiger charge is 2.60. The van der Waals surface area contributed by atoms with Gasteiger partial charge in [0.2, 0.25) is 0 Å². The number of hydrogen-bond donors (Lipinski definition) is 0. The van der Waals surface area contributed by atoms with E-state index in [4.69, 9.17) is 23.7 Å². The fourth-order valence-corrected chi connectivity index (χ4v) is 4.25. The van der Waals surface area contributed by atoms with Gasteiger partial charge in [-0.1, -0.05) is 30.3 Å². The Morgan fingerprint density at radius 3 is 2.85 bits per heavy atom. The molecule has 5 rings (SSSR count). The molecule has 1 amide bonds. The molecule has 7 nitrogen and oxygen atoms in total. The third-order valence-electron chi connectivity index (χ3n) is 5.52. The quantitative estimate of drug-likeness (QED) is 0.818. The van der Waals surface area contributed by atoms with E-state index in [2.05, 4.69) is 0 Å². The van der Waals surface area contributed by atoms with Crippen LogP contribution in [-0.2, 0) is 30.2 Å². The van der Waals surface area contributed by atoms with Crippen LogP contribution in [0.4, 0.5) is 4.79 Å². The van der Waals surface area contributed by atoms with Gasteiger partial charge in [-0.25, -0.2) is 4.79 Å². The predicted octanol–water partition coefficient (Wildman–Crippen LogP) is 2.04. The van der Waals surface area contributed by atoms with Gasteiger partial charge in [-0.2, -0.15) is 0 Å². The van der Waals surface area contributed by atoms with Gasteiger partial charge in [0.1, 0.15) is 18.2 Å². The second-order valence-corrected chi connectivity index (χ2v) is 7.23. The SMILES string of the molecule is O=C1O[C@H]2[C@@H]3OC[C@@H](O3)[C@H](OC3CCCCO3)[C@H]2N1Cc1ccccc1. The number of benzene rings is 1. The molecular formula is C19H23NO6. The lowest BCUT2D eigenvalue weighted by atomic mass is 9.96. The molecule has 0 saturated carbocycles. The highest BCUT2D eigenvalue weighted by atomic mass is 16.8. The highest BCUT2D eigenvalue weighted by Crippen LogP contribution is 2.40. The molecule has 2 bridgehead atoms. The molecule has 0 spiro atoms. The second kappa shape index (κ2) is 6.81. The van der Waals surface area contributed by atoms with Crippen LogP contribution in [0.2, 0.25) is 0 Å². The van der Waals surface area contributed by atoms with Gasteiger partial charge < -0.3 is 23.7 Å². The van der Waals surface area contributed by atoms with Gasteiger partial charge in [-0.3, -0.25) is 4.90 Å². The monoisotopic (exact) mass is 361 g/mol. The van der Waals surface area contributed by atoms with E-state index in [1.807, 2.05) is 30.3 Å². The molecular weight excluding hydrogens is 338 g/mol. The summed E-state index contributed by atoms with van der Waals surface area (Å²) >= 11 is 0. The lowest BCUT2D eigenvalue weighted by molar-refractivity contribution is -0.251. The summed E-state index contributed by atoms with van der Waals surface area (Å²) in [4.78, 5) is 14.3. The molecule has 26 heavy (non-hydrogen) atoms. The molecule has 0 N–H and O–H groups in total. The maximum Gasteiger partial charge on any atom is 0.411 e. The van der Waals surface area contributed by atoms with Crippen LogP contribution in [0.5, 0.6) is 0 Å². The number of fused-ring (bicyclic) bond motifs is 4. The van der Waals surface area contributed by atoms with Crippen molar-refractivity contribution in [2.24, 2.45) is 0 Å². The van der Waals surface area contributed by atoms with Crippen molar-refractivity contribution in [3.8, 4) is 0 Å². The molecule has 4 heterocycles. The molecule has 1 aromatic rings. The summed E-state index contributed by atoms with van der Waals surface area (Å²) in [5.41, 5.74) is 1.05. The first-order chi connectivity index (χ1) is 12.8. The van der Waals surface area contributed by atoms with E-state index in [0.29, 0.717) is 19.8 Å². The van der Waals surface area contributed by atoms with E-state index < -0.39 is 12.4 Å². The minimum absolute atomic E-state index is 0.209. The molecule has 7 heteroatoms. The fraction of sp³-hybridized carbons (Fsp3) is 0.632.